The van der Waals surface area contributed by atoms with Crippen molar-refractivity contribution in [2.45, 2.75) is 58.5 Å². The van der Waals surface area contributed by atoms with Crippen LogP contribution in [0.1, 0.15) is 25.0 Å². The van der Waals surface area contributed by atoms with E-state index >= 15 is 0 Å². The Hall–Kier alpha value is -6.73. The van der Waals surface area contributed by atoms with E-state index in [0.29, 0.717) is 0 Å². The largest absolute Gasteiger partial charge is 0.310 e. The predicted octanol–water partition coefficient (Wildman–Crippen LogP) is 16.6. The van der Waals surface area contributed by atoms with Crippen LogP contribution < -0.4 is 20.2 Å². The Balaban J connectivity index is 1.10. The van der Waals surface area contributed by atoms with E-state index in [9.17, 15) is 0 Å². The molecule has 0 aromatic heterocycles. The predicted molar refractivity (Wildman–Crippen MR) is 289 cm³/mol. The first-order valence-electron chi connectivity index (χ1n) is 23.2. The van der Waals surface area contributed by atoms with Crippen LogP contribution in [-0.4, -0.2) is 16.1 Å². The lowest BCUT2D eigenvalue weighted by Crippen LogP contribution is -2.37. The average Bonchev–Trinajstić information content (AvgIpc) is 3.53. The van der Waals surface area contributed by atoms with Crippen molar-refractivity contribution in [3.63, 3.8) is 0 Å². The molecule has 318 valence electrons. The SMILES string of the molecule is CC1(C)c2cc3cc(N(c4ccc([Si](C)(C)C)cc4)c4cccc5ccccc45)ccc3cc2-c2c1cc(N(c1ccc([Si](C)(C)C)cc1)c1cccc3ccccc13)c1ccccc21. The van der Waals surface area contributed by atoms with Gasteiger partial charge in [0.15, 0.2) is 0 Å². The van der Waals surface area contributed by atoms with Gasteiger partial charge in [0.05, 0.1) is 33.2 Å². The molecule has 11 rings (SSSR count). The van der Waals surface area contributed by atoms with Crippen molar-refractivity contribution in [2.24, 2.45) is 0 Å². The van der Waals surface area contributed by atoms with Crippen molar-refractivity contribution in [1.82, 2.24) is 0 Å². The summed E-state index contributed by atoms with van der Waals surface area (Å²) in [6.45, 7) is 19.4. The van der Waals surface area contributed by atoms with E-state index < -0.39 is 16.1 Å². The number of hydrogen-bond acceptors (Lipinski definition) is 2. The Kier molecular flexibility index (Phi) is 9.58. The first-order valence-corrected chi connectivity index (χ1v) is 30.2. The molecule has 0 N–H and O–H groups in total. The lowest BCUT2D eigenvalue weighted by atomic mass is 9.81. The lowest BCUT2D eigenvalue weighted by molar-refractivity contribution is 0.661. The highest BCUT2D eigenvalue weighted by Gasteiger charge is 2.38. The van der Waals surface area contributed by atoms with E-state index in [1.165, 1.54) is 104 Å². The van der Waals surface area contributed by atoms with Crippen LogP contribution in [0.5, 0.6) is 0 Å². The molecule has 4 heteroatoms. The number of rotatable bonds is 8. The summed E-state index contributed by atoms with van der Waals surface area (Å²) in [5, 5.41) is 12.9. The van der Waals surface area contributed by atoms with Crippen molar-refractivity contribution >= 4 is 104 Å². The second-order valence-electron chi connectivity index (χ2n) is 20.7. The zero-order valence-corrected chi connectivity index (χ0v) is 40.9. The molecule has 0 unspecified atom stereocenters. The highest BCUT2D eigenvalue weighted by Crippen LogP contribution is 2.56. The third-order valence-electron chi connectivity index (χ3n) is 14.1. The Morgan fingerprint density at radius 3 is 1.38 bits per heavy atom. The number of anilines is 6. The van der Waals surface area contributed by atoms with Crippen LogP contribution in [0.15, 0.2) is 194 Å². The van der Waals surface area contributed by atoms with Gasteiger partial charge in [0.1, 0.15) is 0 Å². The maximum Gasteiger partial charge on any atom is 0.0775 e. The summed E-state index contributed by atoms with van der Waals surface area (Å²) < 4.78 is 0. The minimum atomic E-state index is -1.51. The normalized spacial score (nSPS) is 13.4. The molecule has 0 saturated carbocycles. The topological polar surface area (TPSA) is 6.48 Å². The van der Waals surface area contributed by atoms with Crippen LogP contribution in [0.2, 0.25) is 39.3 Å². The summed E-state index contributed by atoms with van der Waals surface area (Å²) in [7, 11) is -2.99. The minimum absolute atomic E-state index is 0.262. The molecule has 1 aliphatic rings. The molecule has 1 aliphatic carbocycles. The second kappa shape index (κ2) is 15.2. The molecule has 2 nitrogen and oxygen atoms in total. The Bertz CT molecular complexity index is 3470. The quantitative estimate of drug-likeness (QED) is 0.140. The molecule has 10 aromatic carbocycles. The molecule has 0 spiro atoms. The summed E-state index contributed by atoms with van der Waals surface area (Å²) in [6, 6.07) is 73.5. The molecule has 65 heavy (non-hydrogen) atoms. The van der Waals surface area contributed by atoms with E-state index in [1.54, 1.807) is 0 Å². The van der Waals surface area contributed by atoms with Gasteiger partial charge in [0.25, 0.3) is 0 Å². The van der Waals surface area contributed by atoms with Gasteiger partial charge in [-0.3, -0.25) is 0 Å². The van der Waals surface area contributed by atoms with Crippen LogP contribution in [0.25, 0.3) is 54.2 Å². The van der Waals surface area contributed by atoms with E-state index in [0.717, 1.165) is 5.69 Å². The second-order valence-corrected chi connectivity index (χ2v) is 30.8. The molecule has 0 saturated heterocycles. The maximum absolute atomic E-state index is 2.53. The number of benzene rings is 10. The third-order valence-corrected chi connectivity index (χ3v) is 18.2. The van der Waals surface area contributed by atoms with Crippen molar-refractivity contribution < 1.29 is 0 Å². The van der Waals surface area contributed by atoms with E-state index in [-0.39, 0.29) is 5.41 Å². The summed E-state index contributed by atoms with van der Waals surface area (Å²) in [4.78, 5) is 4.99. The number of nitrogens with zero attached hydrogens (tertiary/aromatic N) is 2. The third kappa shape index (κ3) is 6.90. The standard InChI is InChI=1S/C61H56N2Si2/c1-61(2)55-39-44-37-47(62(45-29-33-48(34-30-45)64(3,4)5)57-25-15-19-41-17-9-11-21-50(41)57)28-27-43(44)38-54(55)60-53-24-14-13-23-52(53)59(40-56(60)61)63(46-31-35-49(36-32-46)65(6,7)8)58-26-16-20-42-18-10-12-22-51(42)58/h9-40H,1-8H3. The molecule has 0 aliphatic heterocycles. The van der Waals surface area contributed by atoms with Crippen LogP contribution >= 0.6 is 0 Å². The monoisotopic (exact) mass is 872 g/mol. The van der Waals surface area contributed by atoms with Crippen molar-refractivity contribution in [3.05, 3.63) is 205 Å². The Labute approximate surface area is 386 Å². The zero-order chi connectivity index (χ0) is 44.8. The molecular formula is C61H56N2Si2. The number of fused-ring (bicyclic) bond motifs is 8. The van der Waals surface area contributed by atoms with Gasteiger partial charge in [-0.1, -0.05) is 191 Å². The van der Waals surface area contributed by atoms with Crippen LogP contribution in [0.4, 0.5) is 34.1 Å². The summed E-state index contributed by atoms with van der Waals surface area (Å²) in [5.41, 5.74) is 12.2. The van der Waals surface area contributed by atoms with Crippen LogP contribution in [0, 0.1) is 0 Å². The first kappa shape index (κ1) is 41.0. The van der Waals surface area contributed by atoms with Gasteiger partial charge >= 0.3 is 0 Å². The van der Waals surface area contributed by atoms with Crippen molar-refractivity contribution in [2.75, 3.05) is 9.80 Å². The molecule has 10 aromatic rings. The molecule has 0 heterocycles. The first-order chi connectivity index (χ1) is 31.3. The highest BCUT2D eigenvalue weighted by atomic mass is 28.3. The summed E-state index contributed by atoms with van der Waals surface area (Å²) >= 11 is 0. The van der Waals surface area contributed by atoms with Crippen LogP contribution in [-0.2, 0) is 5.41 Å². The van der Waals surface area contributed by atoms with E-state index in [2.05, 4.69) is 257 Å². The summed E-state index contributed by atoms with van der Waals surface area (Å²) in [5.74, 6) is 0. The Morgan fingerprint density at radius 1 is 0.338 bits per heavy atom. The van der Waals surface area contributed by atoms with Gasteiger partial charge < -0.3 is 9.80 Å². The fraction of sp³-hybridized carbons (Fsp3) is 0.148. The van der Waals surface area contributed by atoms with Crippen LogP contribution in [0.3, 0.4) is 0 Å². The molecule has 0 bridgehead atoms. The van der Waals surface area contributed by atoms with Gasteiger partial charge in [-0.05, 0) is 116 Å². The molecule has 0 fully saturated rings. The lowest BCUT2D eigenvalue weighted by Gasteiger charge is -2.31. The van der Waals surface area contributed by atoms with Gasteiger partial charge in [-0.15, -0.1) is 0 Å². The fourth-order valence-electron chi connectivity index (χ4n) is 10.5. The van der Waals surface area contributed by atoms with E-state index in [4.69, 9.17) is 0 Å². The maximum atomic E-state index is 2.53. The van der Waals surface area contributed by atoms with Gasteiger partial charge in [0.2, 0.25) is 0 Å². The van der Waals surface area contributed by atoms with Gasteiger partial charge in [-0.25, -0.2) is 0 Å². The fourth-order valence-corrected chi connectivity index (χ4v) is 12.8. The zero-order valence-electron chi connectivity index (χ0n) is 38.9. The highest BCUT2D eigenvalue weighted by molar-refractivity contribution is 6.89. The van der Waals surface area contributed by atoms with Crippen molar-refractivity contribution in [3.8, 4) is 11.1 Å². The minimum Gasteiger partial charge on any atom is -0.310 e. The average molecular weight is 873 g/mol. The van der Waals surface area contributed by atoms with Crippen molar-refractivity contribution in [1.29, 1.82) is 0 Å². The van der Waals surface area contributed by atoms with Gasteiger partial charge in [-0.2, -0.15) is 0 Å². The molecular weight excluding hydrogens is 817 g/mol. The van der Waals surface area contributed by atoms with E-state index in [1.807, 2.05) is 0 Å². The number of hydrogen-bond donors (Lipinski definition) is 0. The molecule has 0 atom stereocenters. The van der Waals surface area contributed by atoms with Gasteiger partial charge in [0, 0.05) is 38.6 Å². The molecule has 0 amide bonds. The molecule has 0 radical (unpaired) electrons. The Morgan fingerprint density at radius 2 is 0.815 bits per heavy atom. The summed E-state index contributed by atoms with van der Waals surface area (Å²) in [6.07, 6.45) is 0. The smallest absolute Gasteiger partial charge is 0.0775 e.